The maximum atomic E-state index is 9.57. The number of aliphatic hydroxyl groups is 3. The largest absolute Gasteiger partial charge is 0.508 e. The van der Waals surface area contributed by atoms with Crippen LogP contribution >= 0.6 is 0 Å². The second-order valence-corrected chi connectivity index (χ2v) is 4.62. The molecule has 2 rings (SSSR count). The standard InChI is InChI=1S/C15H16O4/c1-10-2-4-11(5-3-10)14(15(17,18)19)12-6-8-13(16)9-7-12/h2-9,14,16-19H,1H3. The van der Waals surface area contributed by atoms with Gasteiger partial charge in [0.2, 0.25) is 0 Å². The van der Waals surface area contributed by atoms with Crippen LogP contribution < -0.4 is 0 Å². The number of phenols is 1. The average Bonchev–Trinajstić information content (AvgIpc) is 2.33. The Kier molecular flexibility index (Phi) is 3.57. The third-order valence-corrected chi connectivity index (χ3v) is 3.02. The van der Waals surface area contributed by atoms with E-state index < -0.39 is 11.9 Å². The van der Waals surface area contributed by atoms with Crippen LogP contribution in [0.3, 0.4) is 0 Å². The van der Waals surface area contributed by atoms with Gasteiger partial charge < -0.3 is 20.4 Å². The lowest BCUT2D eigenvalue weighted by Crippen LogP contribution is -2.36. The minimum Gasteiger partial charge on any atom is -0.508 e. The summed E-state index contributed by atoms with van der Waals surface area (Å²) in [5.41, 5.74) is 2.10. The van der Waals surface area contributed by atoms with Crippen molar-refractivity contribution in [2.24, 2.45) is 0 Å². The van der Waals surface area contributed by atoms with E-state index in [0.717, 1.165) is 5.56 Å². The zero-order chi connectivity index (χ0) is 14.0. The lowest BCUT2D eigenvalue weighted by Gasteiger charge is -2.27. The topological polar surface area (TPSA) is 80.9 Å². The van der Waals surface area contributed by atoms with Crippen LogP contribution in [-0.2, 0) is 0 Å². The highest BCUT2D eigenvalue weighted by atomic mass is 16.7. The van der Waals surface area contributed by atoms with Gasteiger partial charge in [-0.05, 0) is 30.2 Å². The van der Waals surface area contributed by atoms with E-state index in [1.165, 1.54) is 24.3 Å². The summed E-state index contributed by atoms with van der Waals surface area (Å²) >= 11 is 0. The molecule has 4 nitrogen and oxygen atoms in total. The number of benzene rings is 2. The molecule has 0 aromatic heterocycles. The second-order valence-electron chi connectivity index (χ2n) is 4.62. The van der Waals surface area contributed by atoms with Crippen molar-refractivity contribution in [2.75, 3.05) is 0 Å². The summed E-state index contributed by atoms with van der Waals surface area (Å²) < 4.78 is 0. The first-order chi connectivity index (χ1) is 8.88. The fourth-order valence-electron chi connectivity index (χ4n) is 2.07. The monoisotopic (exact) mass is 260 g/mol. The molecule has 0 spiro atoms. The SMILES string of the molecule is Cc1ccc(C(c2ccc(O)cc2)C(O)(O)O)cc1. The number of hydrogen-bond acceptors (Lipinski definition) is 4. The molecule has 1 atom stereocenters. The Balaban J connectivity index is 2.47. The smallest absolute Gasteiger partial charge is 0.286 e. The van der Waals surface area contributed by atoms with Gasteiger partial charge in [0.05, 0.1) is 5.92 Å². The summed E-state index contributed by atoms with van der Waals surface area (Å²) in [7, 11) is 0. The Bertz CT molecular complexity index is 492. The first-order valence-electron chi connectivity index (χ1n) is 5.90. The van der Waals surface area contributed by atoms with E-state index in [2.05, 4.69) is 0 Å². The van der Waals surface area contributed by atoms with Gasteiger partial charge >= 0.3 is 0 Å². The van der Waals surface area contributed by atoms with Crippen molar-refractivity contribution >= 4 is 0 Å². The summed E-state index contributed by atoms with van der Waals surface area (Å²) in [6, 6.07) is 13.1. The van der Waals surface area contributed by atoms with Crippen LogP contribution in [0.1, 0.15) is 22.6 Å². The molecule has 4 N–H and O–H groups in total. The molecule has 0 radical (unpaired) electrons. The third kappa shape index (κ3) is 3.12. The van der Waals surface area contributed by atoms with Crippen molar-refractivity contribution in [3.8, 4) is 5.75 Å². The van der Waals surface area contributed by atoms with Crippen LogP contribution in [0.4, 0.5) is 0 Å². The van der Waals surface area contributed by atoms with Crippen LogP contribution in [0.5, 0.6) is 5.75 Å². The van der Waals surface area contributed by atoms with Crippen molar-refractivity contribution in [3.05, 3.63) is 65.2 Å². The molecule has 0 saturated carbocycles. The van der Waals surface area contributed by atoms with Gasteiger partial charge in [-0.15, -0.1) is 0 Å². The number of phenolic OH excluding ortho intramolecular Hbond substituents is 1. The first-order valence-corrected chi connectivity index (χ1v) is 5.90. The summed E-state index contributed by atoms with van der Waals surface area (Å²) in [6.07, 6.45) is 0. The van der Waals surface area contributed by atoms with E-state index in [1.807, 2.05) is 19.1 Å². The van der Waals surface area contributed by atoms with Gasteiger partial charge in [0.15, 0.2) is 0 Å². The molecule has 0 aliphatic carbocycles. The predicted molar refractivity (Wildman–Crippen MR) is 70.5 cm³/mol. The summed E-state index contributed by atoms with van der Waals surface area (Å²) in [5.74, 6) is -3.80. The summed E-state index contributed by atoms with van der Waals surface area (Å²) in [6.45, 7) is 1.92. The zero-order valence-electron chi connectivity index (χ0n) is 10.5. The molecule has 2 aromatic rings. The van der Waals surface area contributed by atoms with Crippen LogP contribution in [-0.4, -0.2) is 26.4 Å². The van der Waals surface area contributed by atoms with Gasteiger partial charge in [0.1, 0.15) is 5.75 Å². The molecule has 4 heteroatoms. The van der Waals surface area contributed by atoms with Gasteiger partial charge in [-0.2, -0.15) is 0 Å². The van der Waals surface area contributed by atoms with Crippen molar-refractivity contribution in [2.45, 2.75) is 18.8 Å². The Morgan fingerprint density at radius 2 is 1.21 bits per heavy atom. The fraction of sp³-hybridized carbons (Fsp3) is 0.200. The van der Waals surface area contributed by atoms with Crippen LogP contribution in [0.15, 0.2) is 48.5 Å². The maximum absolute atomic E-state index is 9.57. The van der Waals surface area contributed by atoms with Gasteiger partial charge in [0.25, 0.3) is 5.97 Å². The van der Waals surface area contributed by atoms with Crippen LogP contribution in [0, 0.1) is 6.92 Å². The van der Waals surface area contributed by atoms with E-state index >= 15 is 0 Å². The van der Waals surface area contributed by atoms with E-state index in [0.29, 0.717) is 11.1 Å². The molecule has 100 valence electrons. The molecule has 0 heterocycles. The highest BCUT2D eigenvalue weighted by molar-refractivity contribution is 5.37. The lowest BCUT2D eigenvalue weighted by molar-refractivity contribution is -0.319. The average molecular weight is 260 g/mol. The summed E-state index contributed by atoms with van der Waals surface area (Å²) in [4.78, 5) is 0. The van der Waals surface area contributed by atoms with Crippen molar-refractivity contribution in [1.82, 2.24) is 0 Å². The lowest BCUT2D eigenvalue weighted by atomic mass is 9.88. The Labute approximate surface area is 111 Å². The van der Waals surface area contributed by atoms with Gasteiger partial charge in [-0.3, -0.25) is 0 Å². The number of aromatic hydroxyl groups is 1. The van der Waals surface area contributed by atoms with E-state index in [9.17, 15) is 20.4 Å². The fourth-order valence-corrected chi connectivity index (χ4v) is 2.07. The minimum absolute atomic E-state index is 0.0748. The van der Waals surface area contributed by atoms with E-state index in [-0.39, 0.29) is 5.75 Å². The van der Waals surface area contributed by atoms with Crippen LogP contribution in [0.2, 0.25) is 0 Å². The normalized spacial score (nSPS) is 13.3. The molecule has 0 aliphatic rings. The molecule has 1 unspecified atom stereocenters. The van der Waals surface area contributed by atoms with Crippen molar-refractivity contribution in [1.29, 1.82) is 0 Å². The molecular weight excluding hydrogens is 244 g/mol. The Hall–Kier alpha value is -1.88. The quantitative estimate of drug-likeness (QED) is 0.630. The molecule has 19 heavy (non-hydrogen) atoms. The van der Waals surface area contributed by atoms with E-state index in [4.69, 9.17) is 0 Å². The Morgan fingerprint density at radius 3 is 1.63 bits per heavy atom. The number of rotatable bonds is 3. The maximum Gasteiger partial charge on any atom is 0.286 e. The number of aryl methyl sites for hydroxylation is 1. The first kappa shape index (κ1) is 13.5. The zero-order valence-corrected chi connectivity index (χ0v) is 10.5. The third-order valence-electron chi connectivity index (χ3n) is 3.02. The highest BCUT2D eigenvalue weighted by Crippen LogP contribution is 2.33. The Morgan fingerprint density at radius 1 is 0.789 bits per heavy atom. The molecule has 0 amide bonds. The van der Waals surface area contributed by atoms with E-state index in [1.54, 1.807) is 12.1 Å². The molecule has 0 bridgehead atoms. The van der Waals surface area contributed by atoms with Crippen molar-refractivity contribution in [3.63, 3.8) is 0 Å². The predicted octanol–water partition coefficient (Wildman–Crippen LogP) is 1.46. The molecule has 0 fully saturated rings. The molecule has 0 saturated heterocycles. The highest BCUT2D eigenvalue weighted by Gasteiger charge is 2.34. The van der Waals surface area contributed by atoms with Gasteiger partial charge in [-0.1, -0.05) is 42.0 Å². The molecule has 0 aliphatic heterocycles. The second kappa shape index (κ2) is 5.01. The van der Waals surface area contributed by atoms with Crippen molar-refractivity contribution < 1.29 is 20.4 Å². The van der Waals surface area contributed by atoms with Crippen LogP contribution in [0.25, 0.3) is 0 Å². The number of hydrogen-bond donors (Lipinski definition) is 4. The van der Waals surface area contributed by atoms with Gasteiger partial charge in [-0.25, -0.2) is 0 Å². The summed E-state index contributed by atoms with van der Waals surface area (Å²) in [5, 5.41) is 38.0. The minimum atomic E-state index is -2.87. The molecule has 2 aromatic carbocycles. The van der Waals surface area contributed by atoms with Gasteiger partial charge in [0, 0.05) is 0 Å². The molecular formula is C15H16O4.